The summed E-state index contributed by atoms with van der Waals surface area (Å²) >= 11 is 1.74. The van der Waals surface area contributed by atoms with Crippen molar-refractivity contribution in [1.82, 2.24) is 4.98 Å². The van der Waals surface area contributed by atoms with E-state index in [0.29, 0.717) is 12.0 Å². The minimum Gasteiger partial charge on any atom is -0.378 e. The van der Waals surface area contributed by atoms with Crippen LogP contribution in [0, 0.1) is 19.8 Å². The predicted octanol–water partition coefficient (Wildman–Crippen LogP) is 2.99. The first-order chi connectivity index (χ1) is 7.70. The van der Waals surface area contributed by atoms with Gasteiger partial charge in [-0.3, -0.25) is 0 Å². The third kappa shape index (κ3) is 2.55. The lowest BCUT2D eigenvalue weighted by atomic mass is 10.00. The molecule has 0 amide bonds. The second-order valence-electron chi connectivity index (χ2n) is 4.41. The first-order valence-electron chi connectivity index (χ1n) is 6.00. The highest BCUT2D eigenvalue weighted by atomic mass is 32.1. The molecule has 0 aromatic carbocycles. The molecule has 1 aliphatic heterocycles. The van der Waals surface area contributed by atoms with E-state index in [0.717, 1.165) is 30.4 Å². The van der Waals surface area contributed by atoms with Gasteiger partial charge in [-0.1, -0.05) is 6.92 Å². The van der Waals surface area contributed by atoms with Gasteiger partial charge in [-0.05, 0) is 26.7 Å². The summed E-state index contributed by atoms with van der Waals surface area (Å²) < 4.78 is 5.68. The lowest BCUT2D eigenvalue weighted by Gasteiger charge is -2.16. The summed E-state index contributed by atoms with van der Waals surface area (Å²) in [5, 5.41) is 4.49. The summed E-state index contributed by atoms with van der Waals surface area (Å²) in [6.07, 6.45) is 2.73. The molecule has 2 rings (SSSR count). The Kier molecular flexibility index (Phi) is 3.82. The lowest BCUT2D eigenvalue weighted by molar-refractivity contribution is 0.0900. The molecule has 0 aliphatic carbocycles. The van der Waals surface area contributed by atoms with Crippen molar-refractivity contribution in [1.29, 1.82) is 0 Å². The van der Waals surface area contributed by atoms with Gasteiger partial charge in [0.25, 0.3) is 0 Å². The van der Waals surface area contributed by atoms with Gasteiger partial charge in [0, 0.05) is 23.9 Å². The minimum absolute atomic E-state index is 0.439. The molecule has 0 bridgehead atoms. The van der Waals surface area contributed by atoms with Crippen molar-refractivity contribution in [3.05, 3.63) is 10.6 Å². The average molecular weight is 240 g/mol. The van der Waals surface area contributed by atoms with Crippen LogP contribution in [0.15, 0.2) is 0 Å². The molecule has 1 N–H and O–H groups in total. The summed E-state index contributed by atoms with van der Waals surface area (Å²) in [7, 11) is 0. The molecule has 1 aliphatic rings. The van der Waals surface area contributed by atoms with Crippen LogP contribution in [0.1, 0.15) is 30.3 Å². The maximum Gasteiger partial charge on any atom is 0.183 e. The Labute approximate surface area is 101 Å². The van der Waals surface area contributed by atoms with E-state index in [9.17, 15) is 0 Å². The molecule has 2 atom stereocenters. The van der Waals surface area contributed by atoms with Crippen LogP contribution in [-0.4, -0.2) is 24.2 Å². The van der Waals surface area contributed by atoms with Crippen LogP contribution < -0.4 is 5.32 Å². The molecule has 90 valence electrons. The number of thiazole rings is 1. The molecule has 1 fully saturated rings. The van der Waals surface area contributed by atoms with Crippen LogP contribution in [0.2, 0.25) is 0 Å². The number of hydrogen-bond acceptors (Lipinski definition) is 4. The highest BCUT2D eigenvalue weighted by molar-refractivity contribution is 7.15. The molecule has 3 nitrogen and oxygen atoms in total. The fraction of sp³-hybridized carbons (Fsp3) is 0.750. The number of nitrogens with zero attached hydrogens (tertiary/aromatic N) is 1. The Morgan fingerprint density at radius 2 is 2.31 bits per heavy atom. The van der Waals surface area contributed by atoms with E-state index in [1.54, 1.807) is 11.3 Å². The van der Waals surface area contributed by atoms with Gasteiger partial charge in [-0.25, -0.2) is 4.98 Å². The highest BCUT2D eigenvalue weighted by Gasteiger charge is 2.26. The minimum atomic E-state index is 0.439. The molecule has 2 heterocycles. The average Bonchev–Trinajstić information content (AvgIpc) is 2.83. The second-order valence-corrected chi connectivity index (χ2v) is 5.61. The van der Waals surface area contributed by atoms with Gasteiger partial charge in [0.2, 0.25) is 0 Å². The first-order valence-corrected chi connectivity index (χ1v) is 6.82. The Hall–Kier alpha value is -0.610. The van der Waals surface area contributed by atoms with Crippen molar-refractivity contribution >= 4 is 16.5 Å². The highest BCUT2D eigenvalue weighted by Crippen LogP contribution is 2.26. The predicted molar refractivity (Wildman–Crippen MR) is 68.2 cm³/mol. The van der Waals surface area contributed by atoms with Crippen molar-refractivity contribution < 1.29 is 4.74 Å². The van der Waals surface area contributed by atoms with Gasteiger partial charge >= 0.3 is 0 Å². The maximum absolute atomic E-state index is 5.68. The van der Waals surface area contributed by atoms with Gasteiger partial charge < -0.3 is 10.1 Å². The second kappa shape index (κ2) is 5.15. The molecule has 1 saturated heterocycles. The smallest absolute Gasteiger partial charge is 0.183 e. The molecule has 1 aromatic heterocycles. The molecule has 2 unspecified atom stereocenters. The summed E-state index contributed by atoms with van der Waals surface area (Å²) in [6, 6.07) is 0. The van der Waals surface area contributed by atoms with Crippen LogP contribution in [0.25, 0.3) is 0 Å². The maximum atomic E-state index is 5.68. The third-order valence-corrected chi connectivity index (χ3v) is 4.32. The van der Waals surface area contributed by atoms with Gasteiger partial charge in [-0.2, -0.15) is 0 Å². The normalized spacial score (nSPS) is 24.9. The quantitative estimate of drug-likeness (QED) is 0.878. The zero-order chi connectivity index (χ0) is 11.5. The number of aromatic nitrogens is 1. The van der Waals surface area contributed by atoms with Crippen molar-refractivity contribution in [2.45, 2.75) is 39.7 Å². The summed E-state index contributed by atoms with van der Waals surface area (Å²) in [4.78, 5) is 5.79. The molecule has 0 saturated carbocycles. The Morgan fingerprint density at radius 3 is 2.94 bits per heavy atom. The van der Waals surface area contributed by atoms with Gasteiger partial charge in [0.05, 0.1) is 11.8 Å². The van der Waals surface area contributed by atoms with Crippen molar-refractivity contribution in [3.63, 3.8) is 0 Å². The zero-order valence-corrected chi connectivity index (χ0v) is 11.1. The number of nitrogens with one attached hydrogen (secondary N) is 1. The standard InChI is InChI=1S/C12H20N2OS/c1-4-11-10(5-6-15-11)7-13-12-14-8(2)9(3)16-12/h10-11H,4-7H2,1-3H3,(H,13,14). The van der Waals surface area contributed by atoms with Crippen LogP contribution >= 0.6 is 11.3 Å². The van der Waals surface area contributed by atoms with Crippen LogP contribution in [-0.2, 0) is 4.74 Å². The zero-order valence-electron chi connectivity index (χ0n) is 10.2. The number of hydrogen-bond donors (Lipinski definition) is 1. The van der Waals surface area contributed by atoms with E-state index in [1.165, 1.54) is 11.3 Å². The molecule has 0 spiro atoms. The fourth-order valence-electron chi connectivity index (χ4n) is 2.14. The number of ether oxygens (including phenoxy) is 1. The molecule has 16 heavy (non-hydrogen) atoms. The molecular weight excluding hydrogens is 220 g/mol. The van der Waals surface area contributed by atoms with E-state index < -0.39 is 0 Å². The topological polar surface area (TPSA) is 34.1 Å². The summed E-state index contributed by atoms with van der Waals surface area (Å²) in [5.74, 6) is 0.648. The Bertz CT molecular complexity index is 331. The first kappa shape index (κ1) is 11.9. The largest absolute Gasteiger partial charge is 0.378 e. The molecule has 1 aromatic rings. The van der Waals surface area contributed by atoms with Crippen LogP contribution in [0.5, 0.6) is 0 Å². The van der Waals surface area contributed by atoms with Crippen LogP contribution in [0.3, 0.4) is 0 Å². The SMILES string of the molecule is CCC1OCCC1CNc1nc(C)c(C)s1. The Morgan fingerprint density at radius 1 is 1.50 bits per heavy atom. The lowest BCUT2D eigenvalue weighted by Crippen LogP contribution is -2.22. The third-order valence-electron chi connectivity index (χ3n) is 3.29. The molecule has 4 heteroatoms. The van der Waals surface area contributed by atoms with Crippen molar-refractivity contribution in [2.24, 2.45) is 5.92 Å². The Balaban J connectivity index is 1.87. The number of aryl methyl sites for hydroxylation is 2. The van der Waals surface area contributed by atoms with Crippen LogP contribution in [0.4, 0.5) is 5.13 Å². The molecular formula is C12H20N2OS. The van der Waals surface area contributed by atoms with E-state index in [2.05, 4.69) is 31.1 Å². The van der Waals surface area contributed by atoms with E-state index in [-0.39, 0.29) is 0 Å². The van der Waals surface area contributed by atoms with E-state index >= 15 is 0 Å². The van der Waals surface area contributed by atoms with Gasteiger partial charge in [0.15, 0.2) is 5.13 Å². The van der Waals surface area contributed by atoms with E-state index in [1.807, 2.05) is 0 Å². The number of rotatable bonds is 4. The fourth-order valence-corrected chi connectivity index (χ4v) is 2.97. The van der Waals surface area contributed by atoms with Gasteiger partial charge in [0.1, 0.15) is 0 Å². The number of anilines is 1. The summed E-state index contributed by atoms with van der Waals surface area (Å²) in [6.45, 7) is 8.28. The monoisotopic (exact) mass is 240 g/mol. The van der Waals surface area contributed by atoms with E-state index in [4.69, 9.17) is 4.74 Å². The van der Waals surface area contributed by atoms with Crippen molar-refractivity contribution in [2.75, 3.05) is 18.5 Å². The molecule has 0 radical (unpaired) electrons. The van der Waals surface area contributed by atoms with Gasteiger partial charge in [-0.15, -0.1) is 11.3 Å². The summed E-state index contributed by atoms with van der Waals surface area (Å²) in [5.41, 5.74) is 1.14. The van der Waals surface area contributed by atoms with Crippen molar-refractivity contribution in [3.8, 4) is 0 Å².